The van der Waals surface area contributed by atoms with Crippen molar-refractivity contribution in [2.45, 2.75) is 19.4 Å². The van der Waals surface area contributed by atoms with E-state index in [-0.39, 0.29) is 6.61 Å². The molecule has 1 saturated heterocycles. The minimum absolute atomic E-state index is 0.252. The number of nitrogens with zero attached hydrogens (tertiary/aromatic N) is 5. The van der Waals surface area contributed by atoms with Crippen LogP contribution in [0.15, 0.2) is 18.2 Å². The number of aliphatic hydroxyl groups is 1. The first-order valence-electron chi connectivity index (χ1n) is 7.23. The third-order valence-electron chi connectivity index (χ3n) is 3.98. The van der Waals surface area contributed by atoms with Crippen LogP contribution in [0.5, 0.6) is 0 Å². The van der Waals surface area contributed by atoms with Gasteiger partial charge in [0.05, 0.1) is 16.6 Å². The summed E-state index contributed by atoms with van der Waals surface area (Å²) >= 11 is 12.0. The number of halogens is 2. The number of benzene rings is 1. The molecule has 2 aromatic rings. The molecule has 8 heteroatoms. The third-order valence-corrected chi connectivity index (χ3v) is 4.72. The Balaban J connectivity index is 1.73. The van der Waals surface area contributed by atoms with Gasteiger partial charge in [-0.05, 0) is 46.9 Å². The highest BCUT2D eigenvalue weighted by molar-refractivity contribution is 6.42. The summed E-state index contributed by atoms with van der Waals surface area (Å²) in [5.41, 5.74) is 0.994. The maximum atomic E-state index is 9.22. The van der Waals surface area contributed by atoms with E-state index in [0.717, 1.165) is 37.4 Å². The molecular formula is C14H17Cl2N5O. The number of aromatic nitrogens is 4. The maximum absolute atomic E-state index is 9.22. The number of anilines is 1. The Bertz CT molecular complexity index is 640. The zero-order valence-corrected chi connectivity index (χ0v) is 13.5. The van der Waals surface area contributed by atoms with Gasteiger partial charge in [0.1, 0.15) is 0 Å². The van der Waals surface area contributed by atoms with E-state index >= 15 is 0 Å². The molecule has 0 saturated carbocycles. The number of tetrazole rings is 1. The van der Waals surface area contributed by atoms with Gasteiger partial charge in [0.15, 0.2) is 0 Å². The van der Waals surface area contributed by atoms with Gasteiger partial charge < -0.3 is 10.0 Å². The minimum atomic E-state index is 0.252. The molecule has 0 spiro atoms. The topological polar surface area (TPSA) is 67.1 Å². The average Bonchev–Trinajstić information content (AvgIpc) is 2.99. The maximum Gasteiger partial charge on any atom is 0.245 e. The summed E-state index contributed by atoms with van der Waals surface area (Å²) in [5.74, 6) is 1.14. The molecule has 1 aromatic carbocycles. The smallest absolute Gasteiger partial charge is 0.245 e. The number of piperidine rings is 1. The highest BCUT2D eigenvalue weighted by atomic mass is 35.5. The van der Waals surface area contributed by atoms with Crippen molar-refractivity contribution < 1.29 is 5.11 Å². The summed E-state index contributed by atoms with van der Waals surface area (Å²) in [6.45, 7) is 2.50. The molecule has 1 aliphatic rings. The van der Waals surface area contributed by atoms with Crippen molar-refractivity contribution in [3.05, 3.63) is 33.8 Å². The Morgan fingerprint density at radius 2 is 1.95 bits per heavy atom. The Hall–Kier alpha value is -1.37. The van der Waals surface area contributed by atoms with E-state index in [2.05, 4.69) is 20.4 Å². The van der Waals surface area contributed by atoms with E-state index in [1.165, 1.54) is 0 Å². The predicted molar refractivity (Wildman–Crippen MR) is 85.4 cm³/mol. The van der Waals surface area contributed by atoms with Crippen LogP contribution in [0, 0.1) is 5.92 Å². The molecular weight excluding hydrogens is 325 g/mol. The second-order valence-corrected chi connectivity index (χ2v) is 6.31. The number of rotatable bonds is 4. The fraction of sp³-hybridized carbons (Fsp3) is 0.500. The molecule has 1 fully saturated rings. The summed E-state index contributed by atoms with van der Waals surface area (Å²) in [7, 11) is 0. The summed E-state index contributed by atoms with van der Waals surface area (Å²) in [6, 6.07) is 5.51. The van der Waals surface area contributed by atoms with Crippen LogP contribution in [-0.2, 0) is 6.54 Å². The van der Waals surface area contributed by atoms with Crippen LogP contribution in [0.1, 0.15) is 18.4 Å². The Morgan fingerprint density at radius 3 is 2.64 bits per heavy atom. The average molecular weight is 342 g/mol. The van der Waals surface area contributed by atoms with Crippen molar-refractivity contribution in [1.29, 1.82) is 0 Å². The number of hydrogen-bond donors (Lipinski definition) is 1. The van der Waals surface area contributed by atoms with Crippen LogP contribution in [0.2, 0.25) is 10.0 Å². The summed E-state index contributed by atoms with van der Waals surface area (Å²) < 4.78 is 1.76. The second kappa shape index (κ2) is 6.81. The molecule has 0 aliphatic carbocycles. The number of hydrogen-bond acceptors (Lipinski definition) is 5. The lowest BCUT2D eigenvalue weighted by Crippen LogP contribution is -2.36. The molecule has 1 N–H and O–H groups in total. The molecule has 0 bridgehead atoms. The van der Waals surface area contributed by atoms with Gasteiger partial charge in [-0.1, -0.05) is 34.4 Å². The van der Waals surface area contributed by atoms with E-state index in [1.807, 2.05) is 12.1 Å². The lowest BCUT2D eigenvalue weighted by molar-refractivity contribution is 0.202. The molecule has 118 valence electrons. The van der Waals surface area contributed by atoms with E-state index in [4.69, 9.17) is 23.2 Å². The van der Waals surface area contributed by atoms with Crippen molar-refractivity contribution in [2.75, 3.05) is 24.6 Å². The van der Waals surface area contributed by atoms with Crippen LogP contribution in [0.4, 0.5) is 5.95 Å². The molecule has 22 heavy (non-hydrogen) atoms. The highest BCUT2D eigenvalue weighted by Crippen LogP contribution is 2.24. The Kier molecular flexibility index (Phi) is 4.81. The zero-order chi connectivity index (χ0) is 15.5. The third kappa shape index (κ3) is 3.34. The summed E-state index contributed by atoms with van der Waals surface area (Å²) in [5, 5.41) is 22.3. The van der Waals surface area contributed by atoms with Gasteiger partial charge in [-0.3, -0.25) is 0 Å². The van der Waals surface area contributed by atoms with E-state index < -0.39 is 0 Å². The SMILES string of the molecule is OCC1CCN(c2nnnn2Cc2ccc(Cl)c(Cl)c2)CC1. The fourth-order valence-corrected chi connectivity index (χ4v) is 2.98. The first-order valence-corrected chi connectivity index (χ1v) is 7.99. The van der Waals surface area contributed by atoms with Crippen LogP contribution in [0.25, 0.3) is 0 Å². The van der Waals surface area contributed by atoms with Gasteiger partial charge >= 0.3 is 0 Å². The molecule has 1 aliphatic heterocycles. The van der Waals surface area contributed by atoms with Crippen molar-refractivity contribution >= 4 is 29.2 Å². The monoisotopic (exact) mass is 341 g/mol. The quantitative estimate of drug-likeness (QED) is 0.923. The van der Waals surface area contributed by atoms with E-state index in [0.29, 0.717) is 22.5 Å². The normalized spacial score (nSPS) is 16.2. The molecule has 0 unspecified atom stereocenters. The van der Waals surface area contributed by atoms with Crippen LogP contribution in [-0.4, -0.2) is 45.0 Å². The first-order chi connectivity index (χ1) is 10.7. The summed E-state index contributed by atoms with van der Waals surface area (Å²) in [4.78, 5) is 2.16. The van der Waals surface area contributed by atoms with Gasteiger partial charge in [-0.25, -0.2) is 4.68 Å². The van der Waals surface area contributed by atoms with Gasteiger partial charge in [0.25, 0.3) is 0 Å². The van der Waals surface area contributed by atoms with Crippen LogP contribution < -0.4 is 4.90 Å². The van der Waals surface area contributed by atoms with Gasteiger partial charge in [-0.15, -0.1) is 0 Å². The molecule has 0 atom stereocenters. The Morgan fingerprint density at radius 1 is 1.18 bits per heavy atom. The minimum Gasteiger partial charge on any atom is -0.396 e. The second-order valence-electron chi connectivity index (χ2n) is 5.50. The van der Waals surface area contributed by atoms with Crippen molar-refractivity contribution in [1.82, 2.24) is 20.2 Å². The predicted octanol–water partition coefficient (Wildman–Crippen LogP) is 2.24. The molecule has 3 rings (SSSR count). The van der Waals surface area contributed by atoms with E-state index in [1.54, 1.807) is 10.7 Å². The van der Waals surface area contributed by atoms with Crippen molar-refractivity contribution in [3.8, 4) is 0 Å². The van der Waals surface area contributed by atoms with Crippen LogP contribution in [0.3, 0.4) is 0 Å². The lowest BCUT2D eigenvalue weighted by atomic mass is 9.98. The van der Waals surface area contributed by atoms with Crippen LogP contribution >= 0.6 is 23.2 Å². The summed E-state index contributed by atoms with van der Waals surface area (Å²) in [6.07, 6.45) is 1.91. The molecule has 0 radical (unpaired) electrons. The largest absolute Gasteiger partial charge is 0.396 e. The molecule has 1 aromatic heterocycles. The first kappa shape index (κ1) is 15.5. The molecule has 6 nitrogen and oxygen atoms in total. The van der Waals surface area contributed by atoms with E-state index in [9.17, 15) is 5.11 Å². The van der Waals surface area contributed by atoms with Crippen molar-refractivity contribution in [3.63, 3.8) is 0 Å². The van der Waals surface area contributed by atoms with Gasteiger partial charge in [0, 0.05) is 19.7 Å². The zero-order valence-electron chi connectivity index (χ0n) is 12.0. The molecule has 2 heterocycles. The number of aliphatic hydroxyl groups excluding tert-OH is 1. The lowest BCUT2D eigenvalue weighted by Gasteiger charge is -2.31. The Labute approximate surface area is 138 Å². The fourth-order valence-electron chi connectivity index (χ4n) is 2.66. The van der Waals surface area contributed by atoms with Crippen molar-refractivity contribution in [2.24, 2.45) is 5.92 Å². The standard InChI is InChI=1S/C14H17Cl2N5O/c15-12-2-1-11(7-13(12)16)8-21-14(17-18-19-21)20-5-3-10(9-22)4-6-20/h1-2,7,10,22H,3-6,8-9H2. The molecule has 0 amide bonds. The highest BCUT2D eigenvalue weighted by Gasteiger charge is 2.22. The van der Waals surface area contributed by atoms with Gasteiger partial charge in [0.2, 0.25) is 5.95 Å². The van der Waals surface area contributed by atoms with Gasteiger partial charge in [-0.2, -0.15) is 0 Å².